The van der Waals surface area contributed by atoms with Gasteiger partial charge in [-0.3, -0.25) is 0 Å². The molecule has 6 aromatic carbocycles. The summed E-state index contributed by atoms with van der Waals surface area (Å²) in [5, 5.41) is 5.48. The molecule has 0 fully saturated rings. The highest BCUT2D eigenvalue weighted by atomic mass is 15.0. The number of aryl methyl sites for hydroxylation is 3. The predicted molar refractivity (Wildman–Crippen MR) is 262 cm³/mol. The van der Waals surface area contributed by atoms with Crippen molar-refractivity contribution in [3.05, 3.63) is 156 Å². The Morgan fingerprint density at radius 1 is 0.351 bits per heavy atom. The minimum Gasteiger partial charge on any atom is -0.341 e. The van der Waals surface area contributed by atoms with Gasteiger partial charge in [0, 0.05) is 56.7 Å². The lowest BCUT2D eigenvalue weighted by atomic mass is 10.1. The van der Waals surface area contributed by atoms with Crippen molar-refractivity contribution in [2.45, 2.75) is 130 Å². The molecule has 57 heavy (non-hydrogen) atoms. The number of benzene rings is 6. The van der Waals surface area contributed by atoms with Crippen molar-refractivity contribution in [2.24, 2.45) is 0 Å². The van der Waals surface area contributed by atoms with Crippen molar-refractivity contribution >= 4 is 43.6 Å². The first-order valence-electron chi connectivity index (χ1n) is 22.3. The second kappa shape index (κ2) is 28.3. The molecule has 0 atom stereocenters. The van der Waals surface area contributed by atoms with E-state index < -0.39 is 0 Å². The fraction of sp³-hybridized carbons (Fsp3) is 0.345. The Labute approximate surface area is 348 Å². The number of fused-ring (bicyclic) bond motifs is 9. The molecule has 2 aromatic heterocycles. The molecule has 1 aliphatic rings. The third-order valence-electron chi connectivity index (χ3n) is 9.26. The summed E-state index contributed by atoms with van der Waals surface area (Å²) >= 11 is 0. The number of nitrogens with zero attached hydrogens (tertiary/aromatic N) is 2. The third-order valence-corrected chi connectivity index (χ3v) is 9.26. The Balaban J connectivity index is 0.000000379. The zero-order valence-electron chi connectivity index (χ0n) is 38.5. The number of aromatic nitrogens is 2. The first-order chi connectivity index (χ1) is 28.2. The van der Waals surface area contributed by atoms with Crippen LogP contribution in [0.4, 0.5) is 0 Å². The Kier molecular flexibility index (Phi) is 24.8. The van der Waals surface area contributed by atoms with E-state index in [0.717, 1.165) is 25.9 Å². The van der Waals surface area contributed by atoms with Gasteiger partial charge in [-0.15, -0.1) is 0 Å². The van der Waals surface area contributed by atoms with Gasteiger partial charge in [-0.2, -0.15) is 0 Å². The van der Waals surface area contributed by atoms with Crippen LogP contribution in [0.15, 0.2) is 140 Å². The first kappa shape index (κ1) is 49.9. The molecule has 0 unspecified atom stereocenters. The second-order valence-corrected chi connectivity index (χ2v) is 11.7. The number of para-hydroxylation sites is 3. The Bertz CT molecular complexity index is 2170. The molecule has 0 spiro atoms. The molecule has 306 valence electrons. The summed E-state index contributed by atoms with van der Waals surface area (Å²) in [5.74, 6) is 0. The van der Waals surface area contributed by atoms with Gasteiger partial charge in [0.05, 0.1) is 0 Å². The van der Waals surface area contributed by atoms with Crippen molar-refractivity contribution in [3.8, 4) is 11.1 Å². The maximum Gasteiger partial charge on any atom is 0.0491 e. The summed E-state index contributed by atoms with van der Waals surface area (Å²) in [6.45, 7) is 32.7. The molecular formula is C55H76N2. The van der Waals surface area contributed by atoms with Crippen LogP contribution in [0.2, 0.25) is 0 Å². The minimum atomic E-state index is 1.02. The van der Waals surface area contributed by atoms with E-state index in [1.165, 1.54) is 71.4 Å². The van der Waals surface area contributed by atoms with Crippen LogP contribution < -0.4 is 0 Å². The number of hydrogen-bond donors (Lipinski definition) is 0. The SMILES string of the molecule is CC.CC.CC.CC.CC.CC.CCc1ccc2c(c1)c1ccccc1n2CC.CCn1c2ccccc2c2ccccc21.c1ccc2c(c1)Cc1ccccc1-2. The van der Waals surface area contributed by atoms with E-state index in [9.17, 15) is 0 Å². The van der Waals surface area contributed by atoms with E-state index in [-0.39, 0.29) is 0 Å². The molecule has 0 radical (unpaired) electrons. The van der Waals surface area contributed by atoms with Crippen LogP contribution in [-0.4, -0.2) is 9.13 Å². The van der Waals surface area contributed by atoms with Gasteiger partial charge < -0.3 is 9.13 Å². The van der Waals surface area contributed by atoms with Crippen molar-refractivity contribution in [1.82, 2.24) is 9.13 Å². The van der Waals surface area contributed by atoms with Crippen LogP contribution in [0.1, 0.15) is 121 Å². The molecule has 0 saturated carbocycles. The second-order valence-electron chi connectivity index (χ2n) is 11.7. The van der Waals surface area contributed by atoms with Crippen molar-refractivity contribution in [3.63, 3.8) is 0 Å². The van der Waals surface area contributed by atoms with Crippen LogP contribution in [-0.2, 0) is 25.9 Å². The molecule has 2 heteroatoms. The Morgan fingerprint density at radius 2 is 0.667 bits per heavy atom. The van der Waals surface area contributed by atoms with Gasteiger partial charge in [0.15, 0.2) is 0 Å². The molecule has 0 amide bonds. The molecule has 2 nitrogen and oxygen atoms in total. The van der Waals surface area contributed by atoms with Crippen LogP contribution in [0.5, 0.6) is 0 Å². The van der Waals surface area contributed by atoms with Crippen LogP contribution in [0.25, 0.3) is 54.7 Å². The van der Waals surface area contributed by atoms with Gasteiger partial charge >= 0.3 is 0 Å². The smallest absolute Gasteiger partial charge is 0.0491 e. The summed E-state index contributed by atoms with van der Waals surface area (Å²) in [6.07, 6.45) is 2.20. The average Bonchev–Trinajstić information content (AvgIpc) is 3.98. The lowest BCUT2D eigenvalue weighted by Crippen LogP contribution is -1.92. The lowest BCUT2D eigenvalue weighted by Gasteiger charge is -2.03. The highest BCUT2D eigenvalue weighted by Gasteiger charge is 2.16. The molecule has 2 heterocycles. The first-order valence-corrected chi connectivity index (χ1v) is 22.3. The van der Waals surface area contributed by atoms with Gasteiger partial charge in [-0.25, -0.2) is 0 Å². The topological polar surface area (TPSA) is 9.86 Å². The van der Waals surface area contributed by atoms with Gasteiger partial charge in [0.2, 0.25) is 0 Å². The molecule has 0 aliphatic heterocycles. The summed E-state index contributed by atoms with van der Waals surface area (Å²) in [5.41, 5.74) is 12.5. The van der Waals surface area contributed by atoms with Crippen molar-refractivity contribution < 1.29 is 0 Å². The van der Waals surface area contributed by atoms with Crippen molar-refractivity contribution in [2.75, 3.05) is 0 Å². The van der Waals surface area contributed by atoms with E-state index in [1.54, 1.807) is 0 Å². The number of hydrogen-bond acceptors (Lipinski definition) is 0. The number of rotatable bonds is 3. The largest absolute Gasteiger partial charge is 0.341 e. The third kappa shape index (κ3) is 12.0. The highest BCUT2D eigenvalue weighted by Crippen LogP contribution is 2.36. The monoisotopic (exact) mass is 765 g/mol. The molecular weight excluding hydrogens is 689 g/mol. The van der Waals surface area contributed by atoms with Crippen LogP contribution >= 0.6 is 0 Å². The summed E-state index contributed by atoms with van der Waals surface area (Å²) in [7, 11) is 0. The molecule has 0 bridgehead atoms. The van der Waals surface area contributed by atoms with E-state index in [1.807, 2.05) is 83.1 Å². The van der Waals surface area contributed by atoms with Gasteiger partial charge in [0.25, 0.3) is 0 Å². The molecule has 8 aromatic rings. The van der Waals surface area contributed by atoms with Crippen LogP contribution in [0.3, 0.4) is 0 Å². The zero-order chi connectivity index (χ0) is 42.8. The van der Waals surface area contributed by atoms with Gasteiger partial charge in [-0.05, 0) is 84.8 Å². The Morgan fingerprint density at radius 3 is 1.04 bits per heavy atom. The zero-order valence-corrected chi connectivity index (χ0v) is 38.5. The average molecular weight is 765 g/mol. The lowest BCUT2D eigenvalue weighted by molar-refractivity contribution is 0.827. The van der Waals surface area contributed by atoms with E-state index in [0.29, 0.717) is 0 Å². The van der Waals surface area contributed by atoms with Crippen molar-refractivity contribution in [1.29, 1.82) is 0 Å². The summed E-state index contributed by atoms with van der Waals surface area (Å²) in [6, 6.07) is 50.0. The van der Waals surface area contributed by atoms with Gasteiger partial charge in [-0.1, -0.05) is 199 Å². The summed E-state index contributed by atoms with van der Waals surface area (Å²) < 4.78 is 4.76. The molecule has 1 aliphatic carbocycles. The quantitative estimate of drug-likeness (QED) is 0.170. The minimum absolute atomic E-state index is 1.02. The maximum absolute atomic E-state index is 2.39. The van der Waals surface area contributed by atoms with E-state index >= 15 is 0 Å². The van der Waals surface area contributed by atoms with E-state index in [2.05, 4.69) is 169 Å². The van der Waals surface area contributed by atoms with Gasteiger partial charge in [0.1, 0.15) is 0 Å². The molecule has 0 saturated heterocycles. The predicted octanol–water partition coefficient (Wildman–Crippen LogP) is 17.6. The maximum atomic E-state index is 2.39. The standard InChI is InChI=1S/C16H17N.C14H13N.C13H10.6C2H6/c1-3-12-9-10-16-14(11-12)13-7-5-6-8-15(13)17(16)4-2;1-2-15-13-9-5-3-7-11(13)12-8-4-6-10-14(12)15;1-3-7-12-10(5-1)9-11-6-2-4-8-13(11)12;6*1-2/h5-11H,3-4H2,1-2H3;3-10H,2H2,1H3;1-8H,9H2;6*1-2H3. The molecule has 0 N–H and O–H groups in total. The van der Waals surface area contributed by atoms with E-state index in [4.69, 9.17) is 0 Å². The highest BCUT2D eigenvalue weighted by molar-refractivity contribution is 6.09. The Hall–Kier alpha value is -5.08. The summed E-state index contributed by atoms with van der Waals surface area (Å²) in [4.78, 5) is 0. The van der Waals surface area contributed by atoms with Crippen LogP contribution in [0, 0.1) is 0 Å². The fourth-order valence-corrected chi connectivity index (χ4v) is 7.09. The molecule has 9 rings (SSSR count). The fourth-order valence-electron chi connectivity index (χ4n) is 7.09. The normalized spacial score (nSPS) is 9.81.